The Balaban J connectivity index is 2.36. The van der Waals surface area contributed by atoms with Crippen LogP contribution in [0, 0.1) is 6.92 Å². The van der Waals surface area contributed by atoms with Crippen molar-refractivity contribution in [2.75, 3.05) is 7.11 Å². The molecule has 0 radical (unpaired) electrons. The fourth-order valence-electron chi connectivity index (χ4n) is 1.70. The molecule has 2 aromatic rings. The Labute approximate surface area is 124 Å². The van der Waals surface area contributed by atoms with Crippen LogP contribution >= 0.6 is 11.3 Å². The third-order valence-electron chi connectivity index (χ3n) is 2.64. The highest BCUT2D eigenvalue weighted by atomic mass is 32.2. The highest BCUT2D eigenvalue weighted by Gasteiger charge is 2.29. The van der Waals surface area contributed by atoms with Crippen molar-refractivity contribution < 1.29 is 17.9 Å². The van der Waals surface area contributed by atoms with Crippen LogP contribution in [0.25, 0.3) is 0 Å². The average Bonchev–Trinajstić information content (AvgIpc) is 3.06. The summed E-state index contributed by atoms with van der Waals surface area (Å²) >= 11 is 1.02. The largest absolute Gasteiger partial charge is 0.465 e. The maximum absolute atomic E-state index is 12.5. The Morgan fingerprint density at radius 2 is 2.24 bits per heavy atom. The number of carbonyl (C=O) groups excluding carboxylic acids is 1. The number of aryl methyl sites for hydroxylation is 1. The number of hydrogen-bond donors (Lipinski definition) is 2. The zero-order chi connectivity index (χ0) is 15.6. The number of sulfonamides is 1. The predicted octanol–water partition coefficient (Wildman–Crippen LogP) is 0.396. The van der Waals surface area contributed by atoms with Gasteiger partial charge < -0.3 is 4.74 Å². The van der Waals surface area contributed by atoms with Crippen LogP contribution in [0.1, 0.15) is 34.0 Å². The van der Waals surface area contributed by atoms with Crippen LogP contribution in [-0.2, 0) is 14.8 Å². The number of esters is 1. The zero-order valence-electron chi connectivity index (χ0n) is 11.4. The summed E-state index contributed by atoms with van der Waals surface area (Å²) in [5, 5.41) is 14.6. The molecule has 1 atom stereocenters. The van der Waals surface area contributed by atoms with E-state index in [0.29, 0.717) is 5.56 Å². The summed E-state index contributed by atoms with van der Waals surface area (Å²) in [6, 6.07) is -0.696. The van der Waals surface area contributed by atoms with E-state index in [1.165, 1.54) is 7.11 Å². The number of H-pyrrole nitrogens is 1. The second-order valence-electron chi connectivity index (χ2n) is 4.18. The smallest absolute Gasteiger partial charge is 0.349 e. The monoisotopic (exact) mass is 331 g/mol. The van der Waals surface area contributed by atoms with E-state index in [0.717, 1.165) is 11.3 Å². The fraction of sp³-hybridized carbons (Fsp3) is 0.400. The normalized spacial score (nSPS) is 13.1. The zero-order valence-corrected chi connectivity index (χ0v) is 13.1. The molecule has 2 N–H and O–H groups in total. The topological polar surface area (TPSA) is 127 Å². The quantitative estimate of drug-likeness (QED) is 0.759. The van der Waals surface area contributed by atoms with E-state index >= 15 is 0 Å². The van der Waals surface area contributed by atoms with Crippen LogP contribution in [0.3, 0.4) is 0 Å². The molecular formula is C10H13N5O4S2. The Bertz CT molecular complexity index is 738. The summed E-state index contributed by atoms with van der Waals surface area (Å²) in [4.78, 5) is 11.6. The van der Waals surface area contributed by atoms with Crippen molar-refractivity contribution in [3.05, 3.63) is 21.6 Å². The summed E-state index contributed by atoms with van der Waals surface area (Å²) in [6.45, 7) is 3.18. The van der Waals surface area contributed by atoms with E-state index in [9.17, 15) is 13.2 Å². The van der Waals surface area contributed by atoms with Crippen molar-refractivity contribution >= 4 is 27.3 Å². The molecule has 2 rings (SSSR count). The van der Waals surface area contributed by atoms with Crippen molar-refractivity contribution in [2.24, 2.45) is 0 Å². The molecule has 0 fully saturated rings. The molecule has 9 nitrogen and oxygen atoms in total. The molecule has 1 unspecified atom stereocenters. The Morgan fingerprint density at radius 1 is 1.52 bits per heavy atom. The first-order chi connectivity index (χ1) is 9.86. The molecule has 0 aromatic carbocycles. The number of aromatic nitrogens is 4. The average molecular weight is 331 g/mol. The number of tetrazole rings is 1. The van der Waals surface area contributed by atoms with Crippen molar-refractivity contribution in [2.45, 2.75) is 24.8 Å². The van der Waals surface area contributed by atoms with Crippen LogP contribution in [0.5, 0.6) is 0 Å². The van der Waals surface area contributed by atoms with Gasteiger partial charge in [0.25, 0.3) is 0 Å². The molecule has 0 spiro atoms. The molecule has 0 aliphatic rings. The number of aromatic amines is 1. The minimum atomic E-state index is -3.92. The maximum Gasteiger partial charge on any atom is 0.349 e. The van der Waals surface area contributed by atoms with Crippen molar-refractivity contribution in [1.29, 1.82) is 0 Å². The van der Waals surface area contributed by atoms with E-state index in [4.69, 9.17) is 0 Å². The fourth-order valence-corrected chi connectivity index (χ4v) is 4.61. The number of nitrogens with one attached hydrogen (secondary N) is 2. The number of methoxy groups -OCH3 is 1. The van der Waals surface area contributed by atoms with Gasteiger partial charge in [0.05, 0.1) is 13.2 Å². The molecule has 114 valence electrons. The number of nitrogens with zero attached hydrogens (tertiary/aromatic N) is 3. The lowest BCUT2D eigenvalue weighted by Gasteiger charge is -2.11. The number of hydrogen-bond acceptors (Lipinski definition) is 8. The van der Waals surface area contributed by atoms with Crippen molar-refractivity contribution in [3.8, 4) is 0 Å². The molecule has 2 aromatic heterocycles. The molecule has 0 aliphatic carbocycles. The molecule has 0 saturated heterocycles. The first-order valence-corrected chi connectivity index (χ1v) is 8.15. The number of rotatable bonds is 5. The van der Waals surface area contributed by atoms with E-state index in [1.807, 2.05) is 0 Å². The van der Waals surface area contributed by atoms with Crippen molar-refractivity contribution in [1.82, 2.24) is 25.3 Å². The first kappa shape index (κ1) is 15.5. The van der Waals surface area contributed by atoms with Gasteiger partial charge >= 0.3 is 5.97 Å². The summed E-state index contributed by atoms with van der Waals surface area (Å²) in [6.07, 6.45) is 0. The highest BCUT2D eigenvalue weighted by molar-refractivity contribution is 7.89. The SMILES string of the molecule is COC(=O)c1scc(C)c1S(=O)(=O)NC(C)c1nn[nH]n1. The van der Waals surface area contributed by atoms with E-state index in [-0.39, 0.29) is 15.6 Å². The molecule has 0 bridgehead atoms. The van der Waals surface area contributed by atoms with Crippen LogP contribution in [0.2, 0.25) is 0 Å². The predicted molar refractivity (Wildman–Crippen MR) is 73.3 cm³/mol. The highest BCUT2D eigenvalue weighted by Crippen LogP contribution is 2.28. The molecule has 0 saturated carbocycles. The van der Waals surface area contributed by atoms with E-state index in [2.05, 4.69) is 30.1 Å². The van der Waals surface area contributed by atoms with Crippen LogP contribution < -0.4 is 4.72 Å². The van der Waals surface area contributed by atoms with Gasteiger partial charge in [-0.25, -0.2) is 17.9 Å². The lowest BCUT2D eigenvalue weighted by molar-refractivity contribution is 0.0602. The Morgan fingerprint density at radius 3 is 2.81 bits per heavy atom. The van der Waals surface area contributed by atoms with E-state index < -0.39 is 22.0 Å². The third-order valence-corrected chi connectivity index (χ3v) is 5.57. The Hall–Kier alpha value is -1.85. The molecule has 11 heteroatoms. The summed E-state index contributed by atoms with van der Waals surface area (Å²) in [5.41, 5.74) is 0.466. The molecule has 0 aliphatic heterocycles. The van der Waals surface area contributed by atoms with Gasteiger partial charge in [-0.15, -0.1) is 21.5 Å². The second-order valence-corrected chi connectivity index (χ2v) is 6.71. The number of carbonyl (C=O) groups is 1. The van der Waals surface area contributed by atoms with Gasteiger partial charge in [-0.2, -0.15) is 5.21 Å². The second kappa shape index (κ2) is 5.87. The van der Waals surface area contributed by atoms with Gasteiger partial charge in [0, 0.05) is 0 Å². The number of thiophene rings is 1. The Kier molecular flexibility index (Phi) is 4.34. The summed E-state index contributed by atoms with van der Waals surface area (Å²) in [7, 11) is -2.72. The van der Waals surface area contributed by atoms with Crippen molar-refractivity contribution in [3.63, 3.8) is 0 Å². The molecule has 0 amide bonds. The van der Waals surface area contributed by atoms with Gasteiger partial charge in [0.15, 0.2) is 5.82 Å². The van der Waals surface area contributed by atoms with Gasteiger partial charge in [-0.1, -0.05) is 5.21 Å². The molecular weight excluding hydrogens is 318 g/mol. The standard InChI is InChI=1S/C10H13N5O4S2/c1-5-4-20-7(10(16)19-3)8(5)21(17,18)13-6(2)9-11-14-15-12-9/h4,6,13H,1-3H3,(H,11,12,14,15). The maximum atomic E-state index is 12.5. The lowest BCUT2D eigenvalue weighted by Crippen LogP contribution is -2.29. The van der Waals surface area contributed by atoms with Gasteiger partial charge in [0.2, 0.25) is 10.0 Å². The first-order valence-electron chi connectivity index (χ1n) is 5.79. The number of ether oxygens (including phenoxy) is 1. The van der Waals surface area contributed by atoms with Gasteiger partial charge in [-0.3, -0.25) is 0 Å². The van der Waals surface area contributed by atoms with Crippen LogP contribution in [0.15, 0.2) is 10.3 Å². The summed E-state index contributed by atoms with van der Waals surface area (Å²) in [5.74, 6) is -0.494. The van der Waals surface area contributed by atoms with Gasteiger partial charge in [0.1, 0.15) is 9.77 Å². The van der Waals surface area contributed by atoms with Crippen LogP contribution in [-0.4, -0.2) is 42.1 Å². The lowest BCUT2D eigenvalue weighted by atomic mass is 10.3. The van der Waals surface area contributed by atoms with Crippen LogP contribution in [0.4, 0.5) is 0 Å². The molecule has 2 heterocycles. The minimum absolute atomic E-state index is 0.0304. The van der Waals surface area contributed by atoms with E-state index in [1.54, 1.807) is 19.2 Å². The summed E-state index contributed by atoms with van der Waals surface area (Å²) < 4.78 is 31.9. The molecule has 21 heavy (non-hydrogen) atoms. The minimum Gasteiger partial charge on any atom is -0.465 e. The third kappa shape index (κ3) is 3.09. The van der Waals surface area contributed by atoms with Gasteiger partial charge in [-0.05, 0) is 24.8 Å².